The van der Waals surface area contributed by atoms with Gasteiger partial charge in [0, 0.05) is 35.4 Å². The van der Waals surface area contributed by atoms with E-state index in [1.54, 1.807) is 0 Å². The normalized spacial score (nSPS) is 39.6. The average Bonchev–Trinajstić information content (AvgIpc) is 3.14. The first kappa shape index (κ1) is 13.9. The van der Waals surface area contributed by atoms with Crippen LogP contribution in [0.2, 0.25) is 0 Å². The fraction of sp³-hybridized carbons (Fsp3) is 0.304. The highest BCUT2D eigenvalue weighted by Crippen LogP contribution is 2.48. The lowest BCUT2D eigenvalue weighted by Crippen LogP contribution is -2.39. The van der Waals surface area contributed by atoms with Crippen LogP contribution < -0.4 is 10.4 Å². The Morgan fingerprint density at radius 2 is 1.56 bits per heavy atom. The minimum atomic E-state index is 0.185. The Labute approximate surface area is 147 Å². The third kappa shape index (κ3) is 1.83. The number of nitrogens with zero attached hydrogens (tertiary/aromatic N) is 1. The number of benzene rings is 1. The molecular weight excluding hydrogens is 306 g/mol. The van der Waals surface area contributed by atoms with Crippen molar-refractivity contribution in [1.29, 1.82) is 0 Å². The fourth-order valence-corrected chi connectivity index (χ4v) is 5.33. The highest BCUT2D eigenvalue weighted by molar-refractivity contribution is 5.53. The first-order valence-electron chi connectivity index (χ1n) is 9.26. The van der Waals surface area contributed by atoms with Gasteiger partial charge < -0.3 is 4.74 Å². The highest BCUT2D eigenvalue weighted by atomic mass is 16.5. The van der Waals surface area contributed by atoms with E-state index >= 15 is 0 Å². The fourth-order valence-electron chi connectivity index (χ4n) is 5.33. The lowest BCUT2D eigenvalue weighted by atomic mass is 9.78. The van der Waals surface area contributed by atoms with E-state index in [1.807, 2.05) is 0 Å². The van der Waals surface area contributed by atoms with Gasteiger partial charge in [0.05, 0.1) is 0 Å². The van der Waals surface area contributed by atoms with Crippen molar-refractivity contribution in [2.24, 2.45) is 17.8 Å². The van der Waals surface area contributed by atoms with E-state index in [1.165, 1.54) is 16.0 Å². The third-order valence-electron chi connectivity index (χ3n) is 6.58. The number of likely N-dealkylation sites (N-methyl/N-ethyl adjacent to an activating group) is 1. The number of likely N-dealkylation sites (tertiary alicyclic amines) is 1. The largest absolute Gasteiger partial charge is 0.485 e. The van der Waals surface area contributed by atoms with Gasteiger partial charge in [-0.2, -0.15) is 0 Å². The summed E-state index contributed by atoms with van der Waals surface area (Å²) in [5.41, 5.74) is 1.38. The standard InChI is InChI=1S/C23H21NO/c1-24-20-11-15-7-3-2-6-14(15)10-17(20)18-13-23-19(12-21(18)24)16-8-4-5-9-22(16)25-23/h2-13,16-18,20-22H,1H3. The van der Waals surface area contributed by atoms with Gasteiger partial charge in [-0.1, -0.05) is 60.7 Å². The van der Waals surface area contributed by atoms with Crippen LogP contribution in [-0.4, -0.2) is 30.1 Å². The molecule has 2 heteroatoms. The van der Waals surface area contributed by atoms with E-state index in [-0.39, 0.29) is 6.10 Å². The molecule has 124 valence electrons. The molecule has 0 aromatic heterocycles. The van der Waals surface area contributed by atoms with Crippen molar-refractivity contribution in [2.75, 3.05) is 7.05 Å². The summed E-state index contributed by atoms with van der Waals surface area (Å²) in [6, 6.07) is 9.67. The molecule has 2 nitrogen and oxygen atoms in total. The Morgan fingerprint density at radius 1 is 0.840 bits per heavy atom. The van der Waals surface area contributed by atoms with Crippen LogP contribution in [0.5, 0.6) is 0 Å². The topological polar surface area (TPSA) is 12.5 Å². The van der Waals surface area contributed by atoms with Gasteiger partial charge in [0.2, 0.25) is 0 Å². The molecule has 6 unspecified atom stereocenters. The Balaban J connectivity index is 1.46. The van der Waals surface area contributed by atoms with Crippen LogP contribution in [0.4, 0.5) is 0 Å². The number of fused-ring (bicyclic) bond motifs is 7. The highest BCUT2D eigenvalue weighted by Gasteiger charge is 2.48. The van der Waals surface area contributed by atoms with Gasteiger partial charge in [-0.25, -0.2) is 0 Å². The summed E-state index contributed by atoms with van der Waals surface area (Å²) in [7, 11) is 2.28. The molecule has 1 aromatic carbocycles. The van der Waals surface area contributed by atoms with Gasteiger partial charge in [-0.3, -0.25) is 4.90 Å². The summed E-state index contributed by atoms with van der Waals surface area (Å²) in [5, 5.41) is 2.74. The lowest BCUT2D eigenvalue weighted by molar-refractivity contribution is 0.181. The summed E-state index contributed by atoms with van der Waals surface area (Å²) in [6.45, 7) is 0. The number of ether oxygens (including phenoxy) is 1. The number of rotatable bonds is 0. The second-order valence-electron chi connectivity index (χ2n) is 7.79. The molecule has 2 aliphatic heterocycles. The number of allylic oxidation sites excluding steroid dienone is 3. The van der Waals surface area contributed by atoms with Crippen molar-refractivity contribution >= 4 is 12.2 Å². The first-order chi connectivity index (χ1) is 12.3. The molecule has 2 saturated heterocycles. The zero-order valence-corrected chi connectivity index (χ0v) is 14.2. The van der Waals surface area contributed by atoms with E-state index in [2.05, 4.69) is 84.8 Å². The molecular formula is C23H21NO. The van der Waals surface area contributed by atoms with Crippen molar-refractivity contribution in [1.82, 2.24) is 4.90 Å². The smallest absolute Gasteiger partial charge is 0.128 e. The number of hydrogen-bond acceptors (Lipinski definition) is 2. The van der Waals surface area contributed by atoms with Gasteiger partial charge in [-0.05, 0) is 29.6 Å². The van der Waals surface area contributed by atoms with Crippen molar-refractivity contribution in [3.05, 3.63) is 82.5 Å². The molecule has 5 aliphatic rings. The van der Waals surface area contributed by atoms with Crippen LogP contribution in [-0.2, 0) is 4.74 Å². The SMILES string of the molecule is CN1C2C=C3C(=CC2C2C=c4ccccc4=CC21)OC1C=CC=CC31. The van der Waals surface area contributed by atoms with Crippen LogP contribution >= 0.6 is 0 Å². The average molecular weight is 327 g/mol. The van der Waals surface area contributed by atoms with Gasteiger partial charge in [0.1, 0.15) is 11.9 Å². The minimum Gasteiger partial charge on any atom is -0.485 e. The first-order valence-corrected chi connectivity index (χ1v) is 9.26. The molecule has 1 aromatic rings. The predicted octanol–water partition coefficient (Wildman–Crippen LogP) is 2.14. The molecule has 6 rings (SSSR count). The molecule has 0 spiro atoms. The van der Waals surface area contributed by atoms with Crippen molar-refractivity contribution in [3.63, 3.8) is 0 Å². The summed E-state index contributed by atoms with van der Waals surface area (Å²) >= 11 is 0. The number of hydrogen-bond donors (Lipinski definition) is 0. The van der Waals surface area contributed by atoms with E-state index in [4.69, 9.17) is 4.74 Å². The zero-order chi connectivity index (χ0) is 16.5. The van der Waals surface area contributed by atoms with Crippen LogP contribution in [0.1, 0.15) is 0 Å². The van der Waals surface area contributed by atoms with E-state index in [0.717, 1.165) is 5.76 Å². The Bertz CT molecular complexity index is 995. The molecule has 2 fully saturated rings. The molecule has 0 amide bonds. The lowest BCUT2D eigenvalue weighted by Gasteiger charge is -2.26. The molecule has 0 N–H and O–H groups in total. The van der Waals surface area contributed by atoms with Crippen LogP contribution in [0.3, 0.4) is 0 Å². The maximum Gasteiger partial charge on any atom is 0.128 e. The van der Waals surface area contributed by atoms with E-state index in [0.29, 0.717) is 29.8 Å². The van der Waals surface area contributed by atoms with E-state index in [9.17, 15) is 0 Å². The summed E-state index contributed by atoms with van der Waals surface area (Å²) < 4.78 is 6.27. The zero-order valence-electron chi connectivity index (χ0n) is 14.2. The minimum absolute atomic E-state index is 0.185. The monoisotopic (exact) mass is 327 g/mol. The van der Waals surface area contributed by atoms with Crippen molar-refractivity contribution in [2.45, 2.75) is 18.2 Å². The van der Waals surface area contributed by atoms with Crippen LogP contribution in [0.25, 0.3) is 12.2 Å². The van der Waals surface area contributed by atoms with Gasteiger partial charge in [-0.15, -0.1) is 0 Å². The van der Waals surface area contributed by atoms with Gasteiger partial charge >= 0.3 is 0 Å². The predicted molar refractivity (Wildman–Crippen MR) is 99.8 cm³/mol. The summed E-state index contributed by atoms with van der Waals surface area (Å²) in [5.74, 6) is 2.52. The Morgan fingerprint density at radius 3 is 2.44 bits per heavy atom. The third-order valence-corrected chi connectivity index (χ3v) is 6.58. The molecule has 0 bridgehead atoms. The molecule has 0 radical (unpaired) electrons. The van der Waals surface area contributed by atoms with Crippen LogP contribution in [0, 0.1) is 17.8 Å². The second-order valence-corrected chi connectivity index (χ2v) is 7.79. The molecule has 2 heterocycles. The molecule has 25 heavy (non-hydrogen) atoms. The summed E-state index contributed by atoms with van der Waals surface area (Å²) in [4.78, 5) is 2.55. The van der Waals surface area contributed by atoms with E-state index < -0.39 is 0 Å². The second kappa shape index (κ2) is 4.86. The van der Waals surface area contributed by atoms with Crippen molar-refractivity contribution < 1.29 is 4.74 Å². The molecule has 3 aliphatic carbocycles. The Hall–Kier alpha value is -2.32. The maximum atomic E-state index is 6.27. The molecule has 0 saturated carbocycles. The molecule has 6 atom stereocenters. The maximum absolute atomic E-state index is 6.27. The Kier molecular flexibility index (Phi) is 2.70. The van der Waals surface area contributed by atoms with Crippen molar-refractivity contribution in [3.8, 4) is 0 Å². The van der Waals surface area contributed by atoms with Gasteiger partial charge in [0.25, 0.3) is 0 Å². The quantitative estimate of drug-likeness (QED) is 0.724. The van der Waals surface area contributed by atoms with Crippen LogP contribution in [0.15, 0.2) is 72.1 Å². The van der Waals surface area contributed by atoms with Gasteiger partial charge in [0.15, 0.2) is 0 Å². The summed E-state index contributed by atoms with van der Waals surface area (Å²) in [6.07, 6.45) is 18.7.